The number of nitrogens with zero attached hydrogens (tertiary/aromatic N) is 3. The zero-order chi connectivity index (χ0) is 14.9. The third-order valence-electron chi connectivity index (χ3n) is 3.45. The number of pyridine rings is 1. The van der Waals surface area contributed by atoms with Gasteiger partial charge in [-0.05, 0) is 18.1 Å². The average molecular weight is 276 g/mol. The number of aromatic nitrogens is 1. The van der Waals surface area contributed by atoms with E-state index in [4.69, 9.17) is 5.73 Å². The summed E-state index contributed by atoms with van der Waals surface area (Å²) in [5.74, 6) is 0.317. The molecule has 1 aromatic rings. The van der Waals surface area contributed by atoms with E-state index in [0.717, 1.165) is 5.69 Å². The van der Waals surface area contributed by atoms with Crippen LogP contribution in [0.3, 0.4) is 0 Å². The summed E-state index contributed by atoms with van der Waals surface area (Å²) < 4.78 is 0. The number of piperazine rings is 1. The van der Waals surface area contributed by atoms with E-state index in [-0.39, 0.29) is 24.3 Å². The Bertz CT molecular complexity index is 542. The lowest BCUT2D eigenvalue weighted by Crippen LogP contribution is -2.50. The van der Waals surface area contributed by atoms with E-state index in [1.54, 1.807) is 29.0 Å². The Hall–Kier alpha value is -2.11. The standard InChI is InChI=1S/C14H20N4O2/c1-9(2)11-6-10(7-12(15)16-11)14(20)18-5-4-17(3)13(19)8-18/h6-7,9H,4-5,8H2,1-3H3,(H2,15,16). The van der Waals surface area contributed by atoms with Crippen LogP contribution in [0.2, 0.25) is 0 Å². The summed E-state index contributed by atoms with van der Waals surface area (Å²) in [4.78, 5) is 31.5. The molecular formula is C14H20N4O2. The first-order valence-corrected chi connectivity index (χ1v) is 6.69. The fourth-order valence-electron chi connectivity index (χ4n) is 2.11. The van der Waals surface area contributed by atoms with Crippen LogP contribution < -0.4 is 5.73 Å². The number of nitrogens with two attached hydrogens (primary N) is 1. The molecule has 2 rings (SSSR count). The van der Waals surface area contributed by atoms with Gasteiger partial charge in [-0.25, -0.2) is 4.98 Å². The molecule has 6 nitrogen and oxygen atoms in total. The van der Waals surface area contributed by atoms with Gasteiger partial charge in [0, 0.05) is 31.4 Å². The minimum atomic E-state index is -0.164. The first kappa shape index (κ1) is 14.3. The van der Waals surface area contributed by atoms with Crippen molar-refractivity contribution in [3.8, 4) is 0 Å². The largest absolute Gasteiger partial charge is 0.384 e. The quantitative estimate of drug-likeness (QED) is 0.862. The summed E-state index contributed by atoms with van der Waals surface area (Å²) in [5, 5.41) is 0. The maximum Gasteiger partial charge on any atom is 0.254 e. The molecule has 1 fully saturated rings. The van der Waals surface area contributed by atoms with Crippen molar-refractivity contribution in [2.75, 3.05) is 32.4 Å². The maximum absolute atomic E-state index is 12.5. The second-order valence-corrected chi connectivity index (χ2v) is 5.40. The Morgan fingerprint density at radius 3 is 2.65 bits per heavy atom. The first-order valence-electron chi connectivity index (χ1n) is 6.69. The van der Waals surface area contributed by atoms with Gasteiger partial charge in [-0.2, -0.15) is 0 Å². The van der Waals surface area contributed by atoms with Crippen LogP contribution in [0.5, 0.6) is 0 Å². The number of carbonyl (C=O) groups is 2. The third kappa shape index (κ3) is 2.89. The van der Waals surface area contributed by atoms with Crippen LogP contribution in [0.1, 0.15) is 35.8 Å². The molecule has 1 aliphatic rings. The molecule has 2 heterocycles. The molecule has 1 aromatic heterocycles. The lowest BCUT2D eigenvalue weighted by atomic mass is 10.1. The monoisotopic (exact) mass is 276 g/mol. The highest BCUT2D eigenvalue weighted by molar-refractivity contribution is 5.97. The van der Waals surface area contributed by atoms with Gasteiger partial charge in [0.15, 0.2) is 0 Å². The van der Waals surface area contributed by atoms with E-state index in [0.29, 0.717) is 24.5 Å². The van der Waals surface area contributed by atoms with Crippen LogP contribution in [0.4, 0.5) is 5.82 Å². The topological polar surface area (TPSA) is 79.5 Å². The second-order valence-electron chi connectivity index (χ2n) is 5.40. The number of anilines is 1. The number of likely N-dealkylation sites (N-methyl/N-ethyl adjacent to an activating group) is 1. The average Bonchev–Trinajstić information content (AvgIpc) is 2.40. The van der Waals surface area contributed by atoms with Crippen molar-refractivity contribution in [3.05, 3.63) is 23.4 Å². The van der Waals surface area contributed by atoms with Gasteiger partial charge in [0.2, 0.25) is 5.91 Å². The molecule has 0 radical (unpaired) electrons. The van der Waals surface area contributed by atoms with Gasteiger partial charge in [0.25, 0.3) is 5.91 Å². The van der Waals surface area contributed by atoms with Crippen LogP contribution in [-0.2, 0) is 4.79 Å². The number of rotatable bonds is 2. The Balaban J connectivity index is 2.23. The first-order chi connectivity index (χ1) is 9.38. The van der Waals surface area contributed by atoms with E-state index in [9.17, 15) is 9.59 Å². The van der Waals surface area contributed by atoms with Gasteiger partial charge in [-0.15, -0.1) is 0 Å². The summed E-state index contributed by atoms with van der Waals surface area (Å²) in [7, 11) is 1.74. The van der Waals surface area contributed by atoms with Crippen molar-refractivity contribution in [2.24, 2.45) is 0 Å². The summed E-state index contributed by atoms with van der Waals surface area (Å²) in [6, 6.07) is 3.32. The number of hydrogen-bond donors (Lipinski definition) is 1. The molecular weight excluding hydrogens is 256 g/mol. The molecule has 2 amide bonds. The van der Waals surface area contributed by atoms with E-state index in [1.807, 2.05) is 13.8 Å². The van der Waals surface area contributed by atoms with Crippen molar-refractivity contribution >= 4 is 17.6 Å². The smallest absolute Gasteiger partial charge is 0.254 e. The fraction of sp³-hybridized carbons (Fsp3) is 0.500. The number of carbonyl (C=O) groups excluding carboxylic acids is 2. The van der Waals surface area contributed by atoms with Crippen LogP contribution >= 0.6 is 0 Å². The summed E-state index contributed by atoms with van der Waals surface area (Å²) in [6.45, 7) is 5.21. The normalized spacial score (nSPS) is 15.9. The predicted molar refractivity (Wildman–Crippen MR) is 76.3 cm³/mol. The zero-order valence-electron chi connectivity index (χ0n) is 12.1. The van der Waals surface area contributed by atoms with Gasteiger partial charge in [-0.1, -0.05) is 13.8 Å². The van der Waals surface area contributed by atoms with Crippen LogP contribution in [0, 0.1) is 0 Å². The third-order valence-corrected chi connectivity index (χ3v) is 3.45. The van der Waals surface area contributed by atoms with E-state index in [2.05, 4.69) is 4.98 Å². The summed E-state index contributed by atoms with van der Waals surface area (Å²) in [5.41, 5.74) is 7.04. The highest BCUT2D eigenvalue weighted by Crippen LogP contribution is 2.18. The van der Waals surface area contributed by atoms with Crippen molar-refractivity contribution in [1.82, 2.24) is 14.8 Å². The van der Waals surface area contributed by atoms with Crippen molar-refractivity contribution in [1.29, 1.82) is 0 Å². The predicted octanol–water partition coefficient (Wildman–Crippen LogP) is 0.701. The van der Waals surface area contributed by atoms with Gasteiger partial charge in [0.1, 0.15) is 12.4 Å². The van der Waals surface area contributed by atoms with Gasteiger partial charge < -0.3 is 15.5 Å². The molecule has 0 bridgehead atoms. The van der Waals surface area contributed by atoms with E-state index < -0.39 is 0 Å². The van der Waals surface area contributed by atoms with Crippen LogP contribution in [0.25, 0.3) is 0 Å². The molecule has 6 heteroatoms. The molecule has 0 aliphatic carbocycles. The summed E-state index contributed by atoms with van der Waals surface area (Å²) in [6.07, 6.45) is 0. The molecule has 0 saturated carbocycles. The van der Waals surface area contributed by atoms with Gasteiger partial charge in [0.05, 0.1) is 0 Å². The second kappa shape index (κ2) is 5.48. The summed E-state index contributed by atoms with van der Waals surface area (Å²) >= 11 is 0. The minimum absolute atomic E-state index is 0.0456. The number of hydrogen-bond acceptors (Lipinski definition) is 4. The lowest BCUT2D eigenvalue weighted by molar-refractivity contribution is -0.133. The molecule has 108 valence electrons. The molecule has 1 saturated heterocycles. The molecule has 0 unspecified atom stereocenters. The molecule has 0 atom stereocenters. The fourth-order valence-corrected chi connectivity index (χ4v) is 2.11. The molecule has 0 spiro atoms. The van der Waals surface area contributed by atoms with Gasteiger partial charge in [-0.3, -0.25) is 9.59 Å². The lowest BCUT2D eigenvalue weighted by Gasteiger charge is -2.32. The van der Waals surface area contributed by atoms with Crippen molar-refractivity contribution in [2.45, 2.75) is 19.8 Å². The molecule has 20 heavy (non-hydrogen) atoms. The molecule has 2 N–H and O–H groups in total. The van der Waals surface area contributed by atoms with E-state index >= 15 is 0 Å². The minimum Gasteiger partial charge on any atom is -0.384 e. The number of amides is 2. The molecule has 1 aliphatic heterocycles. The Kier molecular flexibility index (Phi) is 3.92. The van der Waals surface area contributed by atoms with Crippen molar-refractivity contribution < 1.29 is 9.59 Å². The SMILES string of the molecule is CC(C)c1cc(C(=O)N2CCN(C)C(=O)C2)cc(N)n1. The Morgan fingerprint density at radius 1 is 1.35 bits per heavy atom. The van der Waals surface area contributed by atoms with Crippen LogP contribution in [0.15, 0.2) is 12.1 Å². The van der Waals surface area contributed by atoms with Crippen LogP contribution in [-0.4, -0.2) is 53.3 Å². The van der Waals surface area contributed by atoms with Gasteiger partial charge >= 0.3 is 0 Å². The highest BCUT2D eigenvalue weighted by atomic mass is 16.2. The van der Waals surface area contributed by atoms with E-state index in [1.165, 1.54) is 0 Å². The molecule has 0 aromatic carbocycles. The maximum atomic E-state index is 12.5. The van der Waals surface area contributed by atoms with Crippen molar-refractivity contribution in [3.63, 3.8) is 0 Å². The Morgan fingerprint density at radius 2 is 2.05 bits per heavy atom. The zero-order valence-corrected chi connectivity index (χ0v) is 12.1. The number of nitrogen functional groups attached to an aromatic ring is 1. The highest BCUT2D eigenvalue weighted by Gasteiger charge is 2.26. The Labute approximate surface area is 118 Å².